The molecular formula is C22H26O11S2. The second kappa shape index (κ2) is 11.4. The second-order valence-corrected chi connectivity index (χ2v) is 10.8. The summed E-state index contributed by atoms with van der Waals surface area (Å²) in [7, 11) is -8.10. The minimum Gasteiger partial charge on any atom is -0.347 e. The highest BCUT2D eigenvalue weighted by Gasteiger charge is 2.49. The summed E-state index contributed by atoms with van der Waals surface area (Å²) in [6, 6.07) is 15.3. The Morgan fingerprint density at radius 3 is 1.57 bits per heavy atom. The Morgan fingerprint density at radius 2 is 1.17 bits per heavy atom. The quantitative estimate of drug-likeness (QED) is 0.415. The average molecular weight is 531 g/mol. The first kappa shape index (κ1) is 26.1. The molecule has 35 heavy (non-hydrogen) atoms. The normalized spacial score (nSPS) is 27.3. The van der Waals surface area contributed by atoms with Crippen LogP contribution in [0.15, 0.2) is 70.5 Å². The van der Waals surface area contributed by atoms with Gasteiger partial charge in [-0.05, 0) is 31.2 Å². The van der Waals surface area contributed by atoms with Gasteiger partial charge in [-0.15, -0.1) is 0 Å². The molecule has 2 aliphatic rings. The molecule has 2 saturated heterocycles. The van der Waals surface area contributed by atoms with Gasteiger partial charge in [0.2, 0.25) is 0 Å². The average Bonchev–Trinajstić information content (AvgIpc) is 3.20. The lowest BCUT2D eigenvalue weighted by Crippen LogP contribution is -2.45. The molecule has 0 amide bonds. The van der Waals surface area contributed by atoms with Crippen LogP contribution in [0.5, 0.6) is 0 Å². The van der Waals surface area contributed by atoms with Gasteiger partial charge in [-0.3, -0.25) is 8.37 Å². The first-order valence-electron chi connectivity index (χ1n) is 10.8. The van der Waals surface area contributed by atoms with Crippen LogP contribution in [-0.4, -0.2) is 74.3 Å². The summed E-state index contributed by atoms with van der Waals surface area (Å²) < 4.78 is 88.8. The Bertz CT molecular complexity index is 1070. The van der Waals surface area contributed by atoms with E-state index in [9.17, 15) is 16.8 Å². The molecule has 4 rings (SSSR count). The van der Waals surface area contributed by atoms with E-state index in [0.717, 1.165) is 0 Å². The second-order valence-electron chi connectivity index (χ2n) is 7.58. The van der Waals surface area contributed by atoms with Crippen LogP contribution < -0.4 is 0 Å². The van der Waals surface area contributed by atoms with Gasteiger partial charge in [-0.2, -0.15) is 16.8 Å². The molecule has 11 nitrogen and oxygen atoms in total. The highest BCUT2D eigenvalue weighted by atomic mass is 32.2. The van der Waals surface area contributed by atoms with Crippen LogP contribution in [0, 0.1) is 0 Å². The minimum absolute atomic E-state index is 0.00500. The van der Waals surface area contributed by atoms with Gasteiger partial charge in [-0.25, -0.2) is 0 Å². The van der Waals surface area contributed by atoms with Crippen molar-refractivity contribution in [2.75, 3.05) is 26.6 Å². The summed E-state index contributed by atoms with van der Waals surface area (Å²) in [6.07, 6.45) is -3.60. The van der Waals surface area contributed by atoms with Crippen LogP contribution in [0.25, 0.3) is 0 Å². The summed E-state index contributed by atoms with van der Waals surface area (Å²) in [5.74, 6) is 0. The Labute approximate surface area is 204 Å². The minimum atomic E-state index is -4.05. The molecule has 0 radical (unpaired) electrons. The number of hydrogen-bond donors (Lipinski definition) is 0. The van der Waals surface area contributed by atoms with Crippen LogP contribution in [0.3, 0.4) is 0 Å². The Kier molecular flexibility index (Phi) is 8.52. The van der Waals surface area contributed by atoms with Gasteiger partial charge >= 0.3 is 0 Å². The fraction of sp³-hybridized carbons (Fsp3) is 0.455. The Morgan fingerprint density at radius 1 is 0.743 bits per heavy atom. The lowest BCUT2D eigenvalue weighted by Gasteiger charge is -2.24. The van der Waals surface area contributed by atoms with Crippen molar-refractivity contribution in [2.45, 2.75) is 47.6 Å². The third-order valence-electron chi connectivity index (χ3n) is 5.30. The SMILES string of the molecule is CCOC1OC2C(O1)[C@H](COS(=O)(=O)c1ccccc1)OCO[C@H]2COS(=O)(=O)c1ccccc1. The van der Waals surface area contributed by atoms with Crippen molar-refractivity contribution >= 4 is 20.2 Å². The number of hydrogen-bond acceptors (Lipinski definition) is 11. The molecule has 2 heterocycles. The van der Waals surface area contributed by atoms with Crippen molar-refractivity contribution in [1.82, 2.24) is 0 Å². The third kappa shape index (κ3) is 6.44. The third-order valence-corrected chi connectivity index (χ3v) is 7.89. The first-order valence-corrected chi connectivity index (χ1v) is 13.7. The molecule has 2 unspecified atom stereocenters. The van der Waals surface area contributed by atoms with Gasteiger partial charge in [-0.1, -0.05) is 36.4 Å². The summed E-state index contributed by atoms with van der Waals surface area (Å²) >= 11 is 0. The molecule has 0 aromatic heterocycles. The molecule has 2 aromatic carbocycles. The molecule has 2 aliphatic heterocycles. The van der Waals surface area contributed by atoms with Crippen molar-refractivity contribution < 1.29 is 48.9 Å². The van der Waals surface area contributed by atoms with Crippen molar-refractivity contribution in [1.29, 1.82) is 0 Å². The fourth-order valence-electron chi connectivity index (χ4n) is 3.57. The van der Waals surface area contributed by atoms with E-state index in [-0.39, 0.29) is 36.4 Å². The molecule has 192 valence electrons. The van der Waals surface area contributed by atoms with Gasteiger partial charge in [0.15, 0.2) is 0 Å². The van der Waals surface area contributed by atoms with Crippen molar-refractivity contribution in [3.8, 4) is 0 Å². The standard InChI is InChI=1S/C22H26O11S2/c1-2-27-22-32-20-18(13-30-34(23,24)16-9-5-3-6-10-16)28-15-29-19(21(20)33-22)14-31-35(25,26)17-11-7-4-8-12-17/h3-12,18-22H,2,13-15H2,1H3/t18-,19-,20?,21?,22?/m0/s1. The molecular weight excluding hydrogens is 504 g/mol. The molecule has 13 heteroatoms. The van der Waals surface area contributed by atoms with Crippen LogP contribution in [0.4, 0.5) is 0 Å². The van der Waals surface area contributed by atoms with Crippen molar-refractivity contribution in [3.05, 3.63) is 60.7 Å². The molecule has 0 spiro atoms. The zero-order chi connectivity index (χ0) is 24.9. The zero-order valence-electron chi connectivity index (χ0n) is 18.8. The summed E-state index contributed by atoms with van der Waals surface area (Å²) in [6.45, 7) is -0.133. The van der Waals surface area contributed by atoms with Gasteiger partial charge in [0, 0.05) is 6.61 Å². The van der Waals surface area contributed by atoms with Gasteiger partial charge in [0.1, 0.15) is 31.2 Å². The van der Waals surface area contributed by atoms with E-state index in [2.05, 4.69) is 0 Å². The van der Waals surface area contributed by atoms with E-state index in [1.165, 1.54) is 24.3 Å². The summed E-state index contributed by atoms with van der Waals surface area (Å²) in [4.78, 5) is -0.01000. The monoisotopic (exact) mass is 530 g/mol. The molecule has 0 N–H and O–H groups in total. The lowest BCUT2D eigenvalue weighted by atomic mass is 10.0. The summed E-state index contributed by atoms with van der Waals surface area (Å²) in [5.41, 5.74) is 0. The maximum atomic E-state index is 12.5. The van der Waals surface area contributed by atoms with Crippen molar-refractivity contribution in [3.63, 3.8) is 0 Å². The van der Waals surface area contributed by atoms with Crippen LogP contribution >= 0.6 is 0 Å². The van der Waals surface area contributed by atoms with E-state index in [0.29, 0.717) is 0 Å². The van der Waals surface area contributed by atoms with E-state index in [1.807, 2.05) is 0 Å². The fourth-order valence-corrected chi connectivity index (χ4v) is 5.45. The van der Waals surface area contributed by atoms with Crippen LogP contribution in [-0.2, 0) is 52.3 Å². The van der Waals surface area contributed by atoms with E-state index < -0.39 is 51.1 Å². The smallest absolute Gasteiger partial charge is 0.297 e. The Balaban J connectivity index is 1.46. The molecule has 0 bridgehead atoms. The number of ether oxygens (including phenoxy) is 5. The van der Waals surface area contributed by atoms with Crippen molar-refractivity contribution in [2.24, 2.45) is 0 Å². The molecule has 2 aromatic rings. The lowest BCUT2D eigenvalue weighted by molar-refractivity contribution is -0.261. The molecule has 0 saturated carbocycles. The van der Waals surface area contributed by atoms with E-state index in [4.69, 9.17) is 32.1 Å². The van der Waals surface area contributed by atoms with E-state index in [1.54, 1.807) is 43.3 Å². The van der Waals surface area contributed by atoms with Gasteiger partial charge in [0.25, 0.3) is 26.7 Å². The predicted molar refractivity (Wildman–Crippen MR) is 119 cm³/mol. The zero-order valence-corrected chi connectivity index (χ0v) is 20.4. The molecule has 4 atom stereocenters. The summed E-state index contributed by atoms with van der Waals surface area (Å²) in [5, 5.41) is 0. The largest absolute Gasteiger partial charge is 0.347 e. The Hall–Kier alpha value is -1.94. The highest BCUT2D eigenvalue weighted by molar-refractivity contribution is 7.87. The van der Waals surface area contributed by atoms with Gasteiger partial charge in [0.05, 0.1) is 23.0 Å². The maximum absolute atomic E-state index is 12.5. The highest BCUT2D eigenvalue weighted by Crippen LogP contribution is 2.31. The van der Waals surface area contributed by atoms with E-state index >= 15 is 0 Å². The van der Waals surface area contributed by atoms with Crippen LogP contribution in [0.1, 0.15) is 6.92 Å². The van der Waals surface area contributed by atoms with Crippen LogP contribution in [0.2, 0.25) is 0 Å². The molecule has 0 aliphatic carbocycles. The first-order chi connectivity index (χ1) is 16.8. The number of benzene rings is 2. The topological polar surface area (TPSA) is 133 Å². The number of rotatable bonds is 10. The predicted octanol–water partition coefficient (Wildman–Crippen LogP) is 1.64. The maximum Gasteiger partial charge on any atom is 0.297 e. The van der Waals surface area contributed by atoms with Gasteiger partial charge < -0.3 is 23.7 Å². The number of fused-ring (bicyclic) bond motifs is 1. The molecule has 2 fully saturated rings.